The molecule has 1 aromatic carbocycles. The van der Waals surface area contributed by atoms with E-state index >= 15 is 0 Å². The molecule has 0 aliphatic heterocycles. The summed E-state index contributed by atoms with van der Waals surface area (Å²) in [5.74, 6) is 1.63. The minimum Gasteiger partial charge on any atom is -0.496 e. The Hall–Kier alpha value is -2.07. The zero-order valence-corrected chi connectivity index (χ0v) is 17.4. The Morgan fingerprint density at radius 2 is 1.62 bits per heavy atom. The molecule has 0 amide bonds. The van der Waals surface area contributed by atoms with Gasteiger partial charge in [-0.1, -0.05) is 27.7 Å². The molecule has 144 valence electrons. The highest BCUT2D eigenvalue weighted by atomic mass is 16.5. The summed E-state index contributed by atoms with van der Waals surface area (Å²) in [7, 11) is 3.36. The van der Waals surface area contributed by atoms with Crippen molar-refractivity contribution in [2.45, 2.75) is 47.6 Å². The van der Waals surface area contributed by atoms with Crippen molar-refractivity contribution in [3.8, 4) is 22.8 Å². The number of nitrogens with zero attached hydrogens (tertiary/aromatic N) is 2. The fourth-order valence-electron chi connectivity index (χ4n) is 2.89. The van der Waals surface area contributed by atoms with Crippen LogP contribution in [0.2, 0.25) is 0 Å². The molecule has 0 saturated heterocycles. The van der Waals surface area contributed by atoms with Gasteiger partial charge < -0.3 is 9.47 Å². The summed E-state index contributed by atoms with van der Waals surface area (Å²) in [4.78, 5) is 6.98. The molecule has 0 fully saturated rings. The lowest BCUT2D eigenvalue weighted by atomic mass is 10.0. The largest absolute Gasteiger partial charge is 0.496 e. The van der Waals surface area contributed by atoms with E-state index in [9.17, 15) is 0 Å². The lowest BCUT2D eigenvalue weighted by molar-refractivity contribution is 0.280. The molecule has 2 rings (SSSR count). The van der Waals surface area contributed by atoms with Crippen molar-refractivity contribution in [2.24, 2.45) is 0 Å². The molecule has 0 saturated carbocycles. The van der Waals surface area contributed by atoms with Crippen LogP contribution in [0.5, 0.6) is 11.5 Å². The molecule has 1 aromatic heterocycles. The maximum atomic E-state index is 5.48. The normalized spacial score (nSPS) is 10.3. The molecule has 0 unspecified atom stereocenters. The molecule has 0 radical (unpaired) electrons. The van der Waals surface area contributed by atoms with E-state index in [1.165, 1.54) is 5.56 Å². The van der Waals surface area contributed by atoms with Crippen LogP contribution >= 0.6 is 0 Å². The Morgan fingerprint density at radius 3 is 2.12 bits per heavy atom. The minimum atomic E-state index is 0.817. The second-order valence-corrected chi connectivity index (χ2v) is 5.92. The smallest absolute Gasteiger partial charge is 0.126 e. The molecular weight excluding hydrogens is 324 g/mol. The highest BCUT2D eigenvalue weighted by Crippen LogP contribution is 2.33. The number of hydrogen-bond donors (Lipinski definition) is 0. The summed E-state index contributed by atoms with van der Waals surface area (Å²) in [6.45, 7) is 13.5. The van der Waals surface area contributed by atoms with Gasteiger partial charge in [0.25, 0.3) is 0 Å². The molecule has 4 nitrogen and oxygen atoms in total. The number of aromatic nitrogens is 1. The average molecular weight is 359 g/mol. The van der Waals surface area contributed by atoms with Crippen LogP contribution in [0.1, 0.15) is 45.2 Å². The van der Waals surface area contributed by atoms with Crippen molar-refractivity contribution in [2.75, 3.05) is 27.3 Å². The molecule has 4 heteroatoms. The predicted octanol–water partition coefficient (Wildman–Crippen LogP) is 5.33. The van der Waals surface area contributed by atoms with Crippen LogP contribution in [-0.4, -0.2) is 37.2 Å². The van der Waals surface area contributed by atoms with Crippen molar-refractivity contribution in [1.82, 2.24) is 9.88 Å². The van der Waals surface area contributed by atoms with E-state index < -0.39 is 0 Å². The van der Waals surface area contributed by atoms with Crippen LogP contribution in [0.4, 0.5) is 0 Å². The Labute approximate surface area is 159 Å². The van der Waals surface area contributed by atoms with Crippen LogP contribution in [-0.2, 0) is 6.54 Å². The maximum Gasteiger partial charge on any atom is 0.126 e. The SMILES string of the molecule is CC.CCCN(CC)Cc1ccnc(-c2cc(OC)c(C)c(OC)c2)c1. The molecule has 0 aliphatic carbocycles. The van der Waals surface area contributed by atoms with Crippen LogP contribution in [0.15, 0.2) is 30.5 Å². The fourth-order valence-corrected chi connectivity index (χ4v) is 2.89. The monoisotopic (exact) mass is 358 g/mol. The Bertz CT molecular complexity index is 646. The van der Waals surface area contributed by atoms with Crippen molar-refractivity contribution >= 4 is 0 Å². The number of ether oxygens (including phenoxy) is 2. The molecule has 0 aliphatic rings. The van der Waals surface area contributed by atoms with Crippen molar-refractivity contribution < 1.29 is 9.47 Å². The van der Waals surface area contributed by atoms with Crippen LogP contribution in [0.3, 0.4) is 0 Å². The van der Waals surface area contributed by atoms with Gasteiger partial charge in [-0.25, -0.2) is 0 Å². The highest BCUT2D eigenvalue weighted by molar-refractivity contribution is 5.66. The second kappa shape index (κ2) is 11.5. The standard InChI is InChI=1S/C20H28N2O2.C2H6/c1-6-10-22(7-2)14-16-8-9-21-18(11-16)17-12-19(23-4)15(3)20(13-17)24-5;1-2/h8-9,11-13H,6-7,10,14H2,1-5H3;1-2H3. The molecule has 0 N–H and O–H groups in total. The van der Waals surface area contributed by atoms with Gasteiger partial charge in [-0.15, -0.1) is 0 Å². The zero-order valence-electron chi connectivity index (χ0n) is 17.4. The predicted molar refractivity (Wildman–Crippen MR) is 110 cm³/mol. The molecule has 2 aromatic rings. The summed E-state index contributed by atoms with van der Waals surface area (Å²) in [6.07, 6.45) is 3.04. The van der Waals surface area contributed by atoms with Crippen molar-refractivity contribution in [3.63, 3.8) is 0 Å². The van der Waals surface area contributed by atoms with E-state index in [4.69, 9.17) is 9.47 Å². The van der Waals surface area contributed by atoms with Gasteiger partial charge in [-0.2, -0.15) is 0 Å². The topological polar surface area (TPSA) is 34.6 Å². The van der Waals surface area contributed by atoms with Gasteiger partial charge in [0.1, 0.15) is 11.5 Å². The first-order valence-corrected chi connectivity index (χ1v) is 9.53. The van der Waals surface area contributed by atoms with Gasteiger partial charge >= 0.3 is 0 Å². The first kappa shape index (κ1) is 22.0. The lowest BCUT2D eigenvalue weighted by Gasteiger charge is -2.20. The Balaban J connectivity index is 0.00000163. The van der Waals surface area contributed by atoms with Gasteiger partial charge in [0, 0.05) is 23.9 Å². The quantitative estimate of drug-likeness (QED) is 0.638. The molecule has 26 heavy (non-hydrogen) atoms. The second-order valence-electron chi connectivity index (χ2n) is 5.92. The number of benzene rings is 1. The molecule has 0 bridgehead atoms. The van der Waals surface area contributed by atoms with Crippen LogP contribution in [0.25, 0.3) is 11.3 Å². The van der Waals surface area contributed by atoms with E-state index in [1.54, 1.807) is 14.2 Å². The van der Waals surface area contributed by atoms with Crippen molar-refractivity contribution in [3.05, 3.63) is 41.6 Å². The van der Waals surface area contributed by atoms with E-state index in [2.05, 4.69) is 35.9 Å². The number of methoxy groups -OCH3 is 2. The summed E-state index contributed by atoms with van der Waals surface area (Å²) in [5, 5.41) is 0. The molecule has 0 atom stereocenters. The summed E-state index contributed by atoms with van der Waals surface area (Å²) >= 11 is 0. The first-order valence-electron chi connectivity index (χ1n) is 9.53. The third kappa shape index (κ3) is 5.73. The number of hydrogen-bond acceptors (Lipinski definition) is 4. The third-order valence-corrected chi connectivity index (χ3v) is 4.27. The van der Waals surface area contributed by atoms with E-state index in [1.807, 2.05) is 39.1 Å². The van der Waals surface area contributed by atoms with E-state index in [-0.39, 0.29) is 0 Å². The molecular formula is C22H34N2O2. The highest BCUT2D eigenvalue weighted by Gasteiger charge is 2.11. The maximum absolute atomic E-state index is 5.48. The first-order chi connectivity index (χ1) is 12.6. The number of rotatable bonds is 8. The van der Waals surface area contributed by atoms with E-state index in [0.29, 0.717) is 0 Å². The van der Waals surface area contributed by atoms with Gasteiger partial charge in [0.15, 0.2) is 0 Å². The third-order valence-electron chi connectivity index (χ3n) is 4.27. The molecule has 0 spiro atoms. The van der Waals surface area contributed by atoms with Crippen LogP contribution < -0.4 is 9.47 Å². The van der Waals surface area contributed by atoms with Crippen LogP contribution in [0, 0.1) is 6.92 Å². The Kier molecular flexibility index (Phi) is 9.74. The summed E-state index contributed by atoms with van der Waals surface area (Å²) in [6, 6.07) is 8.29. The van der Waals surface area contributed by atoms with Gasteiger partial charge in [0.2, 0.25) is 0 Å². The fraction of sp³-hybridized carbons (Fsp3) is 0.500. The van der Waals surface area contributed by atoms with Gasteiger partial charge in [-0.3, -0.25) is 9.88 Å². The van der Waals surface area contributed by atoms with E-state index in [0.717, 1.165) is 54.4 Å². The zero-order chi connectivity index (χ0) is 19.5. The summed E-state index contributed by atoms with van der Waals surface area (Å²) in [5.41, 5.74) is 4.22. The van der Waals surface area contributed by atoms with Crippen molar-refractivity contribution in [1.29, 1.82) is 0 Å². The summed E-state index contributed by atoms with van der Waals surface area (Å²) < 4.78 is 11.0. The average Bonchev–Trinajstić information content (AvgIpc) is 2.69. The number of pyridine rings is 1. The Morgan fingerprint density at radius 1 is 1.00 bits per heavy atom. The van der Waals surface area contributed by atoms with Gasteiger partial charge in [0.05, 0.1) is 19.9 Å². The van der Waals surface area contributed by atoms with Gasteiger partial charge in [-0.05, 0) is 56.3 Å². The minimum absolute atomic E-state index is 0.817. The molecule has 1 heterocycles. The lowest BCUT2D eigenvalue weighted by Crippen LogP contribution is -2.23.